The number of hydrogen-bond donors (Lipinski definition) is 1. The Morgan fingerprint density at radius 3 is 2.50 bits per heavy atom. The fourth-order valence-electron chi connectivity index (χ4n) is 1.33. The minimum atomic E-state index is 0.245. The summed E-state index contributed by atoms with van der Waals surface area (Å²) in [6.07, 6.45) is 1.44. The molecule has 1 aromatic carbocycles. The molecule has 0 heterocycles. The second-order valence-corrected chi connectivity index (χ2v) is 5.11. The zero-order chi connectivity index (χ0) is 11.8. The van der Waals surface area contributed by atoms with E-state index >= 15 is 0 Å². The summed E-state index contributed by atoms with van der Waals surface area (Å²) >= 11 is 1.89. The summed E-state index contributed by atoms with van der Waals surface area (Å²) < 4.78 is 5.59. The quantitative estimate of drug-likeness (QED) is 0.583. The van der Waals surface area contributed by atoms with E-state index in [0.717, 1.165) is 18.0 Å². The zero-order valence-electron chi connectivity index (χ0n) is 10.3. The smallest absolute Gasteiger partial charge is 0.119 e. The van der Waals surface area contributed by atoms with Crippen LogP contribution in [0.15, 0.2) is 29.2 Å². The van der Waals surface area contributed by atoms with Gasteiger partial charge in [0.2, 0.25) is 0 Å². The molecule has 0 radical (unpaired) electrons. The van der Waals surface area contributed by atoms with Crippen molar-refractivity contribution in [1.82, 2.24) is 5.32 Å². The number of benzene rings is 1. The molecule has 0 amide bonds. The molecule has 0 unspecified atom stereocenters. The first-order valence-electron chi connectivity index (χ1n) is 5.76. The molecule has 0 bridgehead atoms. The Morgan fingerprint density at radius 2 is 1.94 bits per heavy atom. The van der Waals surface area contributed by atoms with Crippen molar-refractivity contribution in [3.63, 3.8) is 0 Å². The SMILES string of the molecule is CNCCCSc1ccc(OC(C)C)cc1. The van der Waals surface area contributed by atoms with E-state index in [4.69, 9.17) is 4.74 Å². The largest absolute Gasteiger partial charge is 0.491 e. The van der Waals surface area contributed by atoms with Crippen LogP contribution in [0.1, 0.15) is 20.3 Å². The Balaban J connectivity index is 2.33. The Hall–Kier alpha value is -0.670. The van der Waals surface area contributed by atoms with Gasteiger partial charge >= 0.3 is 0 Å². The lowest BCUT2D eigenvalue weighted by atomic mass is 10.3. The Bertz CT molecular complexity index is 284. The molecule has 3 heteroatoms. The molecule has 0 saturated carbocycles. The third-order valence-corrected chi connectivity index (χ3v) is 3.13. The number of thioether (sulfide) groups is 1. The molecule has 2 nitrogen and oxygen atoms in total. The topological polar surface area (TPSA) is 21.3 Å². The van der Waals surface area contributed by atoms with Gasteiger partial charge in [-0.05, 0) is 63.9 Å². The van der Waals surface area contributed by atoms with Gasteiger partial charge in [0.15, 0.2) is 0 Å². The van der Waals surface area contributed by atoms with Gasteiger partial charge in [-0.3, -0.25) is 0 Å². The van der Waals surface area contributed by atoms with Crippen LogP contribution in [0.5, 0.6) is 5.75 Å². The van der Waals surface area contributed by atoms with Gasteiger partial charge in [0.05, 0.1) is 6.10 Å². The normalized spacial score (nSPS) is 10.8. The maximum absolute atomic E-state index is 5.59. The molecule has 0 saturated heterocycles. The van der Waals surface area contributed by atoms with Crippen LogP contribution in [0.25, 0.3) is 0 Å². The van der Waals surface area contributed by atoms with Crippen molar-refractivity contribution < 1.29 is 4.74 Å². The van der Waals surface area contributed by atoms with E-state index in [1.165, 1.54) is 11.3 Å². The third-order valence-electron chi connectivity index (χ3n) is 2.04. The summed E-state index contributed by atoms with van der Waals surface area (Å²) in [7, 11) is 1.99. The van der Waals surface area contributed by atoms with E-state index in [2.05, 4.69) is 17.4 Å². The molecule has 0 spiro atoms. The second-order valence-electron chi connectivity index (χ2n) is 3.94. The average molecular weight is 239 g/mol. The van der Waals surface area contributed by atoms with Crippen molar-refractivity contribution in [2.45, 2.75) is 31.3 Å². The van der Waals surface area contributed by atoms with E-state index in [-0.39, 0.29) is 6.10 Å². The molecular weight excluding hydrogens is 218 g/mol. The van der Waals surface area contributed by atoms with Crippen molar-refractivity contribution >= 4 is 11.8 Å². The monoisotopic (exact) mass is 239 g/mol. The van der Waals surface area contributed by atoms with E-state index in [0.29, 0.717) is 0 Å². The molecule has 1 aromatic rings. The minimum Gasteiger partial charge on any atom is -0.491 e. The lowest BCUT2D eigenvalue weighted by Gasteiger charge is -2.09. The fourth-order valence-corrected chi connectivity index (χ4v) is 2.18. The molecule has 0 fully saturated rings. The maximum Gasteiger partial charge on any atom is 0.119 e. The van der Waals surface area contributed by atoms with Gasteiger partial charge in [0.1, 0.15) is 5.75 Å². The summed E-state index contributed by atoms with van der Waals surface area (Å²) in [5.41, 5.74) is 0. The molecule has 1 N–H and O–H groups in total. The van der Waals surface area contributed by atoms with Gasteiger partial charge < -0.3 is 10.1 Å². The number of rotatable bonds is 7. The van der Waals surface area contributed by atoms with Crippen molar-refractivity contribution in [1.29, 1.82) is 0 Å². The first kappa shape index (κ1) is 13.4. The molecule has 0 aliphatic heterocycles. The van der Waals surface area contributed by atoms with E-state index in [1.807, 2.05) is 44.8 Å². The summed E-state index contributed by atoms with van der Waals surface area (Å²) in [6.45, 7) is 5.17. The van der Waals surface area contributed by atoms with E-state index in [1.54, 1.807) is 0 Å². The standard InChI is InChI=1S/C13H21NOS/c1-11(2)15-12-5-7-13(8-6-12)16-10-4-9-14-3/h5-8,11,14H,4,9-10H2,1-3H3. The molecule has 1 rings (SSSR count). The highest BCUT2D eigenvalue weighted by atomic mass is 32.2. The summed E-state index contributed by atoms with van der Waals surface area (Å²) in [5.74, 6) is 2.11. The van der Waals surface area contributed by atoms with Crippen LogP contribution in [0.3, 0.4) is 0 Å². The van der Waals surface area contributed by atoms with Crippen LogP contribution in [0, 0.1) is 0 Å². The van der Waals surface area contributed by atoms with Crippen LogP contribution in [0.2, 0.25) is 0 Å². The molecule has 0 aliphatic carbocycles. The Kier molecular flexibility index (Phi) is 6.34. The average Bonchev–Trinajstić information content (AvgIpc) is 2.26. The van der Waals surface area contributed by atoms with Crippen LogP contribution < -0.4 is 10.1 Å². The Morgan fingerprint density at radius 1 is 1.25 bits per heavy atom. The number of nitrogens with one attached hydrogen (secondary N) is 1. The Labute approximate surface area is 103 Å². The third kappa shape index (κ3) is 5.42. The van der Waals surface area contributed by atoms with E-state index < -0.39 is 0 Å². The molecular formula is C13H21NOS. The predicted octanol–water partition coefficient (Wildman–Crippen LogP) is 3.18. The zero-order valence-corrected chi connectivity index (χ0v) is 11.1. The van der Waals surface area contributed by atoms with Crippen LogP contribution in [-0.2, 0) is 0 Å². The fraction of sp³-hybridized carbons (Fsp3) is 0.538. The van der Waals surface area contributed by atoms with Gasteiger partial charge in [-0.15, -0.1) is 11.8 Å². The lowest BCUT2D eigenvalue weighted by molar-refractivity contribution is 0.242. The molecule has 16 heavy (non-hydrogen) atoms. The van der Waals surface area contributed by atoms with Crippen molar-refractivity contribution in [2.75, 3.05) is 19.3 Å². The second kappa shape index (κ2) is 7.58. The molecule has 0 aromatic heterocycles. The van der Waals surface area contributed by atoms with E-state index in [9.17, 15) is 0 Å². The minimum absolute atomic E-state index is 0.245. The van der Waals surface area contributed by atoms with Crippen molar-refractivity contribution in [2.24, 2.45) is 0 Å². The molecule has 0 aliphatic rings. The first-order chi connectivity index (χ1) is 7.72. The van der Waals surface area contributed by atoms with Crippen LogP contribution >= 0.6 is 11.8 Å². The summed E-state index contributed by atoms with van der Waals surface area (Å²) in [5, 5.41) is 3.15. The van der Waals surface area contributed by atoms with Gasteiger partial charge in [0.25, 0.3) is 0 Å². The van der Waals surface area contributed by atoms with Crippen molar-refractivity contribution in [3.8, 4) is 5.75 Å². The van der Waals surface area contributed by atoms with Crippen molar-refractivity contribution in [3.05, 3.63) is 24.3 Å². The summed E-state index contributed by atoms with van der Waals surface area (Å²) in [4.78, 5) is 1.31. The van der Waals surface area contributed by atoms with Crippen LogP contribution in [-0.4, -0.2) is 25.4 Å². The highest BCUT2D eigenvalue weighted by Gasteiger charge is 1.98. The van der Waals surface area contributed by atoms with Crippen LogP contribution in [0.4, 0.5) is 0 Å². The van der Waals surface area contributed by atoms with Gasteiger partial charge in [-0.1, -0.05) is 0 Å². The molecule has 0 atom stereocenters. The molecule has 90 valence electrons. The highest BCUT2D eigenvalue weighted by molar-refractivity contribution is 7.99. The maximum atomic E-state index is 5.59. The van der Waals surface area contributed by atoms with Gasteiger partial charge in [-0.25, -0.2) is 0 Å². The van der Waals surface area contributed by atoms with Gasteiger partial charge in [0, 0.05) is 4.90 Å². The van der Waals surface area contributed by atoms with Gasteiger partial charge in [-0.2, -0.15) is 0 Å². The number of ether oxygens (including phenoxy) is 1. The first-order valence-corrected chi connectivity index (χ1v) is 6.75. The predicted molar refractivity (Wildman–Crippen MR) is 71.5 cm³/mol. The lowest BCUT2D eigenvalue weighted by Crippen LogP contribution is -2.08. The number of hydrogen-bond acceptors (Lipinski definition) is 3. The summed E-state index contributed by atoms with van der Waals surface area (Å²) in [6, 6.07) is 8.34. The highest BCUT2D eigenvalue weighted by Crippen LogP contribution is 2.22.